The van der Waals surface area contributed by atoms with Gasteiger partial charge in [-0.05, 0) is 37.1 Å². The number of alkyl halides is 2. The van der Waals surface area contributed by atoms with Crippen LogP contribution in [0.15, 0.2) is 47.3 Å². The Bertz CT molecular complexity index is 1170. The molecular weight excluding hydrogens is 380 g/mol. The van der Waals surface area contributed by atoms with Gasteiger partial charge in [-0.2, -0.15) is 8.78 Å². The van der Waals surface area contributed by atoms with E-state index in [1.807, 2.05) is 6.92 Å². The maximum Gasteiger partial charge on any atom is 0.483 e. The van der Waals surface area contributed by atoms with E-state index in [9.17, 15) is 18.4 Å². The Morgan fingerprint density at radius 3 is 2.55 bits per heavy atom. The molecule has 0 bridgehead atoms. The lowest BCUT2D eigenvalue weighted by atomic mass is 10.1. The molecule has 0 spiro atoms. The molecule has 1 amide bonds. The highest BCUT2D eigenvalue weighted by atomic mass is 19.3. The second kappa shape index (κ2) is 6.95. The van der Waals surface area contributed by atoms with Gasteiger partial charge < -0.3 is 4.74 Å². The molecule has 1 aliphatic heterocycles. The van der Waals surface area contributed by atoms with Gasteiger partial charge in [0.25, 0.3) is 5.56 Å². The fourth-order valence-electron chi connectivity index (χ4n) is 3.58. The first-order chi connectivity index (χ1) is 13.9. The molecule has 2 aromatic carbocycles. The third-order valence-corrected chi connectivity index (χ3v) is 5.03. The molecule has 1 aromatic heterocycles. The Kier molecular flexibility index (Phi) is 4.56. The number of nitrogens with zero attached hydrogens (tertiary/aromatic N) is 3. The largest absolute Gasteiger partial charge is 0.483 e. The SMILES string of the molecule is CCc1cccc2c1OC(F)(F)C(=O)N2Cc1nc2ccccc2c(=O)n1CC. The van der Waals surface area contributed by atoms with E-state index in [4.69, 9.17) is 4.74 Å². The Labute approximate surface area is 165 Å². The minimum atomic E-state index is -3.99. The zero-order valence-electron chi connectivity index (χ0n) is 16.0. The molecule has 0 saturated heterocycles. The average molecular weight is 399 g/mol. The summed E-state index contributed by atoms with van der Waals surface area (Å²) in [5.41, 5.74) is 0.986. The van der Waals surface area contributed by atoms with Gasteiger partial charge in [-0.25, -0.2) is 4.98 Å². The molecule has 8 heteroatoms. The van der Waals surface area contributed by atoms with Crippen LogP contribution in [-0.2, 0) is 24.3 Å². The van der Waals surface area contributed by atoms with Crippen LogP contribution in [-0.4, -0.2) is 21.6 Å². The number of anilines is 1. The number of fused-ring (bicyclic) bond motifs is 2. The van der Waals surface area contributed by atoms with Gasteiger partial charge in [-0.1, -0.05) is 31.2 Å². The standard InChI is InChI=1S/C21H19F2N3O3/c1-3-13-8-7-11-16-18(13)29-21(22,23)20(28)26(16)12-17-24-15-10-6-5-9-14(15)19(27)25(17)4-2/h5-11H,3-4,12H2,1-2H3. The summed E-state index contributed by atoms with van der Waals surface area (Å²) in [7, 11) is 0. The third kappa shape index (κ3) is 3.04. The molecule has 0 fully saturated rings. The fraction of sp³-hybridized carbons (Fsp3) is 0.286. The van der Waals surface area contributed by atoms with Crippen molar-refractivity contribution in [2.24, 2.45) is 0 Å². The van der Waals surface area contributed by atoms with Crippen molar-refractivity contribution in [1.82, 2.24) is 9.55 Å². The van der Waals surface area contributed by atoms with Crippen molar-refractivity contribution < 1.29 is 18.3 Å². The molecule has 29 heavy (non-hydrogen) atoms. The van der Waals surface area contributed by atoms with Crippen LogP contribution >= 0.6 is 0 Å². The minimum Gasteiger partial charge on any atom is -0.423 e. The molecule has 6 nitrogen and oxygen atoms in total. The van der Waals surface area contributed by atoms with Gasteiger partial charge in [0.1, 0.15) is 5.82 Å². The number of aromatic nitrogens is 2. The van der Waals surface area contributed by atoms with Gasteiger partial charge >= 0.3 is 12.0 Å². The summed E-state index contributed by atoms with van der Waals surface area (Å²) in [6.45, 7) is 3.60. The van der Waals surface area contributed by atoms with E-state index in [1.54, 1.807) is 49.4 Å². The predicted molar refractivity (Wildman–Crippen MR) is 104 cm³/mol. The second-order valence-corrected chi connectivity index (χ2v) is 6.72. The number of benzene rings is 2. The van der Waals surface area contributed by atoms with Crippen LogP contribution in [0.1, 0.15) is 25.2 Å². The summed E-state index contributed by atoms with van der Waals surface area (Å²) in [6.07, 6.45) is -3.53. The normalized spacial score (nSPS) is 15.3. The third-order valence-electron chi connectivity index (χ3n) is 5.03. The van der Waals surface area contributed by atoms with E-state index in [0.29, 0.717) is 29.4 Å². The first kappa shape index (κ1) is 19.0. The van der Waals surface area contributed by atoms with Gasteiger partial charge in [-0.15, -0.1) is 0 Å². The molecule has 0 N–H and O–H groups in total. The molecule has 2 heterocycles. The zero-order chi connectivity index (χ0) is 20.8. The van der Waals surface area contributed by atoms with E-state index < -0.39 is 12.0 Å². The molecule has 1 aliphatic rings. The highest BCUT2D eigenvalue weighted by Crippen LogP contribution is 2.42. The number of rotatable bonds is 4. The van der Waals surface area contributed by atoms with Crippen LogP contribution in [0.3, 0.4) is 0 Å². The summed E-state index contributed by atoms with van der Waals surface area (Å²) in [4.78, 5) is 30.7. The number of carbonyl (C=O) groups is 1. The smallest absolute Gasteiger partial charge is 0.423 e. The monoisotopic (exact) mass is 399 g/mol. The second-order valence-electron chi connectivity index (χ2n) is 6.72. The Morgan fingerprint density at radius 1 is 1.07 bits per heavy atom. The number of aryl methyl sites for hydroxylation is 1. The number of ether oxygens (including phenoxy) is 1. The fourth-order valence-corrected chi connectivity index (χ4v) is 3.58. The molecule has 0 atom stereocenters. The molecule has 0 unspecified atom stereocenters. The van der Waals surface area contributed by atoms with Gasteiger partial charge in [0.15, 0.2) is 5.75 Å². The Hall–Kier alpha value is -3.29. The number of carbonyl (C=O) groups excluding carboxylic acids is 1. The van der Waals surface area contributed by atoms with Crippen LogP contribution in [0.4, 0.5) is 14.5 Å². The van der Waals surface area contributed by atoms with Gasteiger partial charge in [0.2, 0.25) is 0 Å². The van der Waals surface area contributed by atoms with Crippen molar-refractivity contribution in [3.8, 4) is 5.75 Å². The summed E-state index contributed by atoms with van der Waals surface area (Å²) >= 11 is 0. The van der Waals surface area contributed by atoms with Crippen LogP contribution in [0.25, 0.3) is 10.9 Å². The van der Waals surface area contributed by atoms with Gasteiger partial charge in [0.05, 0.1) is 23.1 Å². The summed E-state index contributed by atoms with van der Waals surface area (Å²) < 4.78 is 34.9. The van der Waals surface area contributed by atoms with Crippen LogP contribution in [0.5, 0.6) is 5.75 Å². The first-order valence-corrected chi connectivity index (χ1v) is 9.36. The number of hydrogen-bond donors (Lipinski definition) is 0. The van der Waals surface area contributed by atoms with Gasteiger partial charge in [0, 0.05) is 6.54 Å². The molecule has 4 rings (SSSR count). The van der Waals surface area contributed by atoms with E-state index in [2.05, 4.69) is 4.98 Å². The zero-order valence-corrected chi connectivity index (χ0v) is 16.0. The molecule has 0 radical (unpaired) electrons. The molecule has 3 aromatic rings. The molecular formula is C21H19F2N3O3. The molecule has 0 aliphatic carbocycles. The van der Waals surface area contributed by atoms with Crippen molar-refractivity contribution in [2.75, 3.05) is 4.90 Å². The van der Waals surface area contributed by atoms with E-state index in [-0.39, 0.29) is 29.4 Å². The van der Waals surface area contributed by atoms with Crippen molar-refractivity contribution in [2.45, 2.75) is 39.5 Å². The van der Waals surface area contributed by atoms with Crippen molar-refractivity contribution >= 4 is 22.5 Å². The quantitative estimate of drug-likeness (QED) is 0.674. The summed E-state index contributed by atoms with van der Waals surface area (Å²) in [5.74, 6) is -1.27. The van der Waals surface area contributed by atoms with Crippen LogP contribution in [0, 0.1) is 0 Å². The van der Waals surface area contributed by atoms with Crippen molar-refractivity contribution in [1.29, 1.82) is 0 Å². The first-order valence-electron chi connectivity index (χ1n) is 9.36. The topological polar surface area (TPSA) is 64.4 Å². The number of para-hydroxylation sites is 2. The number of hydrogen-bond acceptors (Lipinski definition) is 4. The summed E-state index contributed by atoms with van der Waals surface area (Å²) in [6, 6.07) is 11.7. The lowest BCUT2D eigenvalue weighted by molar-refractivity contribution is -0.193. The van der Waals surface area contributed by atoms with Crippen molar-refractivity contribution in [3.63, 3.8) is 0 Å². The Morgan fingerprint density at radius 2 is 1.83 bits per heavy atom. The van der Waals surface area contributed by atoms with E-state index >= 15 is 0 Å². The van der Waals surface area contributed by atoms with E-state index in [1.165, 1.54) is 4.57 Å². The summed E-state index contributed by atoms with van der Waals surface area (Å²) in [5, 5.41) is 0.436. The van der Waals surface area contributed by atoms with Gasteiger partial charge in [-0.3, -0.25) is 19.1 Å². The molecule has 150 valence electrons. The average Bonchev–Trinajstić information content (AvgIpc) is 2.71. The Balaban J connectivity index is 1.88. The highest BCUT2D eigenvalue weighted by Gasteiger charge is 2.51. The number of amides is 1. The van der Waals surface area contributed by atoms with Crippen LogP contribution < -0.4 is 15.2 Å². The minimum absolute atomic E-state index is 0.0224. The lowest BCUT2D eigenvalue weighted by Crippen LogP contribution is -2.51. The lowest BCUT2D eigenvalue weighted by Gasteiger charge is -2.34. The highest BCUT2D eigenvalue weighted by molar-refractivity contribution is 6.01. The van der Waals surface area contributed by atoms with Crippen molar-refractivity contribution in [3.05, 3.63) is 64.2 Å². The predicted octanol–water partition coefficient (Wildman–Crippen LogP) is 3.50. The molecule has 0 saturated carbocycles. The maximum absolute atomic E-state index is 14.4. The van der Waals surface area contributed by atoms with Crippen LogP contribution in [0.2, 0.25) is 0 Å². The van der Waals surface area contributed by atoms with E-state index in [0.717, 1.165) is 4.90 Å². The number of halogens is 2. The maximum atomic E-state index is 14.4.